The van der Waals surface area contributed by atoms with E-state index in [0.717, 1.165) is 5.56 Å². The lowest BCUT2D eigenvalue weighted by atomic mass is 9.72. The summed E-state index contributed by atoms with van der Waals surface area (Å²) in [7, 11) is 0. The van der Waals surface area contributed by atoms with Gasteiger partial charge in [0, 0.05) is 5.41 Å². The Morgan fingerprint density at radius 3 is 2.19 bits per heavy atom. The molecule has 1 radical (unpaired) electrons. The van der Waals surface area contributed by atoms with Crippen molar-refractivity contribution >= 4 is 0 Å². The van der Waals surface area contributed by atoms with E-state index in [-0.39, 0.29) is 5.82 Å². The largest absolute Gasteiger partial charge is 0.386 e. The van der Waals surface area contributed by atoms with Crippen molar-refractivity contribution in [3.8, 4) is 0 Å². The van der Waals surface area contributed by atoms with Crippen LogP contribution in [0.3, 0.4) is 0 Å². The van der Waals surface area contributed by atoms with Gasteiger partial charge in [-0.3, -0.25) is 0 Å². The first-order valence-electron chi connectivity index (χ1n) is 5.31. The molecule has 16 heavy (non-hydrogen) atoms. The molecule has 0 aliphatic rings. The fourth-order valence-corrected chi connectivity index (χ4v) is 1.52. The summed E-state index contributed by atoms with van der Waals surface area (Å²) in [5.74, 6) is -0.251. The molecule has 0 aliphatic heterocycles. The highest BCUT2D eigenvalue weighted by atomic mass is 19.1. The van der Waals surface area contributed by atoms with Crippen molar-refractivity contribution in [2.45, 2.75) is 32.8 Å². The van der Waals surface area contributed by atoms with E-state index in [1.807, 2.05) is 13.8 Å². The molecule has 2 heteroatoms. The maximum absolute atomic E-state index is 12.7. The van der Waals surface area contributed by atoms with E-state index < -0.39 is 11.0 Å². The van der Waals surface area contributed by atoms with Crippen molar-refractivity contribution in [3.63, 3.8) is 0 Å². The van der Waals surface area contributed by atoms with E-state index in [0.29, 0.717) is 6.42 Å². The summed E-state index contributed by atoms with van der Waals surface area (Å²) in [6.07, 6.45) is 1.94. The van der Waals surface area contributed by atoms with E-state index in [1.54, 1.807) is 19.1 Å². The number of halogens is 1. The molecule has 0 spiro atoms. The summed E-state index contributed by atoms with van der Waals surface area (Å²) in [5, 5.41) is 10.1. The van der Waals surface area contributed by atoms with E-state index in [2.05, 4.69) is 0 Å². The molecular formula is C14H18FO. The molecule has 1 atom stereocenters. The van der Waals surface area contributed by atoms with Crippen LogP contribution in [0.15, 0.2) is 30.3 Å². The average Bonchev–Trinajstić information content (AvgIpc) is 2.21. The quantitative estimate of drug-likeness (QED) is 0.828. The van der Waals surface area contributed by atoms with Crippen LogP contribution in [0.1, 0.15) is 26.3 Å². The summed E-state index contributed by atoms with van der Waals surface area (Å²) < 4.78 is 12.7. The van der Waals surface area contributed by atoms with Crippen LogP contribution in [0.5, 0.6) is 0 Å². The van der Waals surface area contributed by atoms with Crippen LogP contribution in [-0.2, 0) is 6.42 Å². The van der Waals surface area contributed by atoms with Crippen molar-refractivity contribution in [1.82, 2.24) is 0 Å². The first-order valence-corrected chi connectivity index (χ1v) is 5.31. The smallest absolute Gasteiger partial charge is 0.123 e. The molecule has 1 aromatic carbocycles. The monoisotopic (exact) mass is 221 g/mol. The molecule has 1 N–H and O–H groups in total. The third-order valence-electron chi connectivity index (χ3n) is 3.25. The van der Waals surface area contributed by atoms with Gasteiger partial charge >= 0.3 is 0 Å². The molecule has 1 rings (SSSR count). The van der Waals surface area contributed by atoms with Crippen molar-refractivity contribution < 1.29 is 9.50 Å². The minimum Gasteiger partial charge on any atom is -0.386 e. The summed E-state index contributed by atoms with van der Waals surface area (Å²) in [4.78, 5) is 0. The predicted octanol–water partition coefficient (Wildman–Crippen LogP) is 3.13. The normalized spacial score (nSPS) is 15.6. The maximum Gasteiger partial charge on any atom is 0.123 e. The van der Waals surface area contributed by atoms with Gasteiger partial charge in [0.05, 0.1) is 5.60 Å². The molecule has 1 unspecified atom stereocenters. The highest BCUT2D eigenvalue weighted by Crippen LogP contribution is 2.35. The summed E-state index contributed by atoms with van der Waals surface area (Å²) >= 11 is 0. The fourth-order valence-electron chi connectivity index (χ4n) is 1.52. The molecule has 0 heterocycles. The second kappa shape index (κ2) is 4.38. The molecular weight excluding hydrogens is 203 g/mol. The second-order valence-corrected chi connectivity index (χ2v) is 5.00. The molecule has 1 aromatic rings. The number of aliphatic hydroxyl groups is 1. The average molecular weight is 221 g/mol. The van der Waals surface area contributed by atoms with Gasteiger partial charge < -0.3 is 5.11 Å². The second-order valence-electron chi connectivity index (χ2n) is 5.00. The molecule has 0 saturated carbocycles. The van der Waals surface area contributed by atoms with Crippen LogP contribution in [0.4, 0.5) is 4.39 Å². The van der Waals surface area contributed by atoms with Gasteiger partial charge in [0.15, 0.2) is 0 Å². The first-order chi connectivity index (χ1) is 7.28. The van der Waals surface area contributed by atoms with Crippen LogP contribution >= 0.6 is 0 Å². The van der Waals surface area contributed by atoms with Crippen molar-refractivity contribution in [1.29, 1.82) is 0 Å². The van der Waals surface area contributed by atoms with Crippen molar-refractivity contribution in [3.05, 3.63) is 48.3 Å². The van der Waals surface area contributed by atoms with Gasteiger partial charge in [0.2, 0.25) is 0 Å². The summed E-state index contributed by atoms with van der Waals surface area (Å²) in [6, 6.07) is 6.30. The SMILES string of the molecule is [CH]=CC(C)(O)C(C)(C)Cc1ccc(F)cc1. The van der Waals surface area contributed by atoms with Crippen LogP contribution in [-0.4, -0.2) is 10.7 Å². The minimum absolute atomic E-state index is 0.251. The van der Waals surface area contributed by atoms with Crippen LogP contribution in [0.2, 0.25) is 0 Å². The molecule has 0 aliphatic carbocycles. The highest BCUT2D eigenvalue weighted by Gasteiger charge is 2.36. The van der Waals surface area contributed by atoms with Gasteiger partial charge in [-0.15, -0.1) is 0 Å². The Morgan fingerprint density at radius 2 is 1.75 bits per heavy atom. The topological polar surface area (TPSA) is 20.2 Å². The Bertz CT molecular complexity index is 363. The van der Waals surface area contributed by atoms with Gasteiger partial charge in [0.1, 0.15) is 5.82 Å². The Morgan fingerprint density at radius 1 is 1.25 bits per heavy atom. The number of benzene rings is 1. The van der Waals surface area contributed by atoms with Gasteiger partial charge in [-0.25, -0.2) is 4.39 Å². The van der Waals surface area contributed by atoms with Crippen LogP contribution in [0.25, 0.3) is 0 Å². The summed E-state index contributed by atoms with van der Waals surface area (Å²) in [5.41, 5.74) is -0.477. The molecule has 0 bridgehead atoms. The molecule has 1 nitrogen and oxygen atoms in total. The third-order valence-corrected chi connectivity index (χ3v) is 3.25. The number of hydrogen-bond donors (Lipinski definition) is 1. The zero-order valence-electron chi connectivity index (χ0n) is 10.00. The molecule has 0 aromatic heterocycles. The van der Waals surface area contributed by atoms with E-state index in [9.17, 15) is 9.50 Å². The third kappa shape index (κ3) is 2.70. The number of rotatable bonds is 4. The predicted molar refractivity (Wildman–Crippen MR) is 63.4 cm³/mol. The lowest BCUT2D eigenvalue weighted by molar-refractivity contribution is -0.00769. The first kappa shape index (κ1) is 12.9. The fraction of sp³-hybridized carbons (Fsp3) is 0.429. The van der Waals surface area contributed by atoms with Gasteiger partial charge in [-0.05, 0) is 31.0 Å². The lowest BCUT2D eigenvalue weighted by Crippen LogP contribution is -2.41. The summed E-state index contributed by atoms with van der Waals surface area (Å²) in [6.45, 7) is 11.0. The standard InChI is InChI=1S/C14H18FO/c1-5-14(4,16)13(2,3)10-11-6-8-12(15)9-7-11/h1,5-9,16H,10H2,2-4H3. The Kier molecular flexibility index (Phi) is 3.54. The molecule has 0 amide bonds. The Hall–Kier alpha value is -1.15. The lowest BCUT2D eigenvalue weighted by Gasteiger charge is -2.38. The van der Waals surface area contributed by atoms with E-state index in [4.69, 9.17) is 6.58 Å². The van der Waals surface area contributed by atoms with Gasteiger partial charge in [-0.2, -0.15) is 0 Å². The van der Waals surface area contributed by atoms with E-state index in [1.165, 1.54) is 18.2 Å². The van der Waals surface area contributed by atoms with Crippen molar-refractivity contribution in [2.75, 3.05) is 0 Å². The Labute approximate surface area is 96.6 Å². The minimum atomic E-state index is -1.05. The zero-order valence-corrected chi connectivity index (χ0v) is 10.00. The Balaban J connectivity index is 2.88. The molecule has 87 valence electrons. The maximum atomic E-state index is 12.7. The highest BCUT2D eigenvalue weighted by molar-refractivity contribution is 5.19. The van der Waals surface area contributed by atoms with E-state index >= 15 is 0 Å². The zero-order chi connectivity index (χ0) is 12.4. The van der Waals surface area contributed by atoms with Gasteiger partial charge in [-0.1, -0.05) is 38.6 Å². The van der Waals surface area contributed by atoms with Crippen LogP contribution in [0, 0.1) is 17.8 Å². The molecule has 0 fully saturated rings. The van der Waals surface area contributed by atoms with Gasteiger partial charge in [0.25, 0.3) is 0 Å². The van der Waals surface area contributed by atoms with Crippen molar-refractivity contribution in [2.24, 2.45) is 5.41 Å². The molecule has 0 saturated heterocycles. The van der Waals surface area contributed by atoms with Crippen LogP contribution < -0.4 is 0 Å². The number of hydrogen-bond acceptors (Lipinski definition) is 1.